The summed E-state index contributed by atoms with van der Waals surface area (Å²) in [6.45, 7) is 1.93. The quantitative estimate of drug-likeness (QED) is 0.810. The second-order valence-electron chi connectivity index (χ2n) is 4.53. The zero-order valence-electron chi connectivity index (χ0n) is 10.5. The fraction of sp³-hybridized carbons (Fsp3) is 0.385. The summed E-state index contributed by atoms with van der Waals surface area (Å²) in [6, 6.07) is 3.63. The van der Waals surface area contributed by atoms with Gasteiger partial charge >= 0.3 is 5.97 Å². The molecule has 1 aliphatic rings. The molecule has 0 spiro atoms. The first kappa shape index (κ1) is 13.6. The van der Waals surface area contributed by atoms with Crippen molar-refractivity contribution in [3.63, 3.8) is 0 Å². The van der Waals surface area contributed by atoms with E-state index >= 15 is 0 Å². The van der Waals surface area contributed by atoms with Gasteiger partial charge in [-0.15, -0.1) is 11.3 Å². The van der Waals surface area contributed by atoms with Gasteiger partial charge in [0.1, 0.15) is 0 Å². The molecule has 0 fully saturated rings. The lowest BCUT2D eigenvalue weighted by atomic mass is 10.1. The summed E-state index contributed by atoms with van der Waals surface area (Å²) in [5.74, 6) is -1.07. The number of ketones is 1. The third kappa shape index (κ3) is 3.57. The number of thiophene rings is 1. The molecular weight excluding hydrogens is 264 g/mol. The smallest absolute Gasteiger partial charge is 0.303 e. The Balaban J connectivity index is 1.99. The molecule has 19 heavy (non-hydrogen) atoms. The molecule has 0 saturated heterocycles. The highest BCUT2D eigenvalue weighted by molar-refractivity contribution is 7.14. The number of carbonyl (C=O) groups is 2. The van der Waals surface area contributed by atoms with Crippen molar-refractivity contribution in [3.8, 4) is 0 Å². The van der Waals surface area contributed by atoms with Crippen LogP contribution in [0.3, 0.4) is 0 Å². The molecule has 1 aromatic rings. The molecule has 0 aliphatic carbocycles. The molecule has 0 radical (unpaired) electrons. The lowest BCUT2D eigenvalue weighted by Crippen LogP contribution is -2.18. The van der Waals surface area contributed by atoms with Crippen molar-refractivity contribution in [2.24, 2.45) is 9.98 Å². The van der Waals surface area contributed by atoms with Crippen LogP contribution in [0.5, 0.6) is 0 Å². The van der Waals surface area contributed by atoms with Crippen molar-refractivity contribution in [1.29, 1.82) is 0 Å². The number of aliphatic carboxylic acids is 1. The van der Waals surface area contributed by atoms with Gasteiger partial charge in [0, 0.05) is 30.1 Å². The lowest BCUT2D eigenvalue weighted by Gasteiger charge is -2.15. The van der Waals surface area contributed by atoms with Crippen LogP contribution in [0.4, 0.5) is 0 Å². The molecule has 0 bridgehead atoms. The topological polar surface area (TPSA) is 79.1 Å². The number of carboxylic acid groups (broad SMARTS) is 1. The maximum absolute atomic E-state index is 11.8. The van der Waals surface area contributed by atoms with Crippen molar-refractivity contribution in [2.45, 2.75) is 31.8 Å². The van der Waals surface area contributed by atoms with E-state index < -0.39 is 11.6 Å². The number of nitrogens with zero attached hydrogens (tertiary/aromatic N) is 2. The monoisotopic (exact) mass is 278 g/mol. The first-order chi connectivity index (χ1) is 8.98. The molecule has 0 aromatic carbocycles. The average molecular weight is 278 g/mol. The molecule has 1 aliphatic heterocycles. The third-order valence-corrected chi connectivity index (χ3v) is 3.91. The molecule has 6 heteroatoms. The fourth-order valence-corrected chi connectivity index (χ4v) is 2.93. The van der Waals surface area contributed by atoms with Gasteiger partial charge in [-0.3, -0.25) is 19.6 Å². The Morgan fingerprint density at radius 1 is 1.26 bits per heavy atom. The van der Waals surface area contributed by atoms with Crippen LogP contribution in [0.15, 0.2) is 22.1 Å². The van der Waals surface area contributed by atoms with E-state index in [0.29, 0.717) is 11.3 Å². The van der Waals surface area contributed by atoms with Crippen LogP contribution in [0.25, 0.3) is 0 Å². The van der Waals surface area contributed by atoms with Crippen molar-refractivity contribution < 1.29 is 14.7 Å². The van der Waals surface area contributed by atoms with Gasteiger partial charge in [0.2, 0.25) is 0 Å². The van der Waals surface area contributed by atoms with E-state index in [4.69, 9.17) is 5.11 Å². The number of hydrogen-bond acceptors (Lipinski definition) is 5. The average Bonchev–Trinajstić information content (AvgIpc) is 2.96. The Morgan fingerprint density at radius 2 is 1.95 bits per heavy atom. The largest absolute Gasteiger partial charge is 0.481 e. The third-order valence-electron chi connectivity index (χ3n) is 2.78. The number of rotatable bonds is 6. The van der Waals surface area contributed by atoms with E-state index in [-0.39, 0.29) is 18.6 Å². The Morgan fingerprint density at radius 3 is 2.58 bits per heavy atom. The van der Waals surface area contributed by atoms with Gasteiger partial charge in [0.15, 0.2) is 11.4 Å². The second-order valence-corrected chi connectivity index (χ2v) is 5.70. The van der Waals surface area contributed by atoms with Gasteiger partial charge in [0.25, 0.3) is 0 Å². The maximum Gasteiger partial charge on any atom is 0.303 e. The normalized spacial score (nSPS) is 15.8. The summed E-state index contributed by atoms with van der Waals surface area (Å²) >= 11 is 1.39. The molecule has 0 amide bonds. The molecule has 1 aromatic heterocycles. The number of Topliss-reactive ketones (excluding diaryl/α,β-unsaturated/α-hetero) is 1. The van der Waals surface area contributed by atoms with Crippen LogP contribution in [0.1, 0.15) is 34.3 Å². The maximum atomic E-state index is 11.8. The van der Waals surface area contributed by atoms with Crippen LogP contribution in [0.2, 0.25) is 0 Å². The van der Waals surface area contributed by atoms with Crippen LogP contribution >= 0.6 is 11.3 Å². The number of carboxylic acids is 1. The van der Waals surface area contributed by atoms with Gasteiger partial charge in [-0.05, 0) is 19.1 Å². The first-order valence-electron chi connectivity index (χ1n) is 5.91. The molecule has 1 N–H and O–H groups in total. The minimum Gasteiger partial charge on any atom is -0.481 e. The van der Waals surface area contributed by atoms with Crippen molar-refractivity contribution in [1.82, 2.24) is 0 Å². The summed E-state index contributed by atoms with van der Waals surface area (Å²) in [4.78, 5) is 32.4. The zero-order valence-corrected chi connectivity index (χ0v) is 11.3. The molecule has 0 saturated carbocycles. The highest BCUT2D eigenvalue weighted by atomic mass is 32.1. The summed E-state index contributed by atoms with van der Waals surface area (Å²) in [5, 5.41) is 8.56. The van der Waals surface area contributed by atoms with Crippen LogP contribution < -0.4 is 0 Å². The Hall–Kier alpha value is -1.82. The second kappa shape index (κ2) is 5.44. The SMILES string of the molecule is CC1(Cc2ccc(C(=O)CCC(=O)O)s2)N=CC=N1. The van der Waals surface area contributed by atoms with Crippen molar-refractivity contribution in [2.75, 3.05) is 0 Å². The van der Waals surface area contributed by atoms with Crippen LogP contribution in [-0.4, -0.2) is 35.0 Å². The van der Waals surface area contributed by atoms with Gasteiger partial charge in [-0.1, -0.05) is 0 Å². The van der Waals surface area contributed by atoms with E-state index in [1.165, 1.54) is 11.3 Å². The molecule has 0 unspecified atom stereocenters. The first-order valence-corrected chi connectivity index (χ1v) is 6.73. The summed E-state index contributed by atoms with van der Waals surface area (Å²) in [6.07, 6.45) is 3.91. The van der Waals surface area contributed by atoms with Crippen molar-refractivity contribution in [3.05, 3.63) is 21.9 Å². The predicted octanol–water partition coefficient (Wildman–Crippen LogP) is 2.21. The summed E-state index contributed by atoms with van der Waals surface area (Å²) < 4.78 is 0. The van der Waals surface area contributed by atoms with E-state index in [1.807, 2.05) is 13.0 Å². The molecule has 0 atom stereocenters. The van der Waals surface area contributed by atoms with Gasteiger partial charge in [-0.25, -0.2) is 0 Å². The number of hydrogen-bond donors (Lipinski definition) is 1. The van der Waals surface area contributed by atoms with E-state index in [1.54, 1.807) is 18.5 Å². The minimum absolute atomic E-state index is 0.0445. The van der Waals surface area contributed by atoms with E-state index in [0.717, 1.165) is 4.88 Å². The minimum atomic E-state index is -0.952. The Labute approximate surface area is 114 Å². The highest BCUT2D eigenvalue weighted by Crippen LogP contribution is 2.26. The summed E-state index contributed by atoms with van der Waals surface area (Å²) in [5.41, 5.74) is -0.466. The molecule has 2 rings (SSSR count). The van der Waals surface area contributed by atoms with Crippen molar-refractivity contribution >= 4 is 35.5 Å². The zero-order chi connectivity index (χ0) is 13.9. The lowest BCUT2D eigenvalue weighted by molar-refractivity contribution is -0.136. The number of aliphatic imine (C=N–C) groups is 2. The van der Waals surface area contributed by atoms with Crippen LogP contribution in [-0.2, 0) is 11.2 Å². The molecular formula is C13H14N2O3S. The van der Waals surface area contributed by atoms with E-state index in [2.05, 4.69) is 9.98 Å². The number of carbonyl (C=O) groups excluding carboxylic acids is 1. The molecule has 5 nitrogen and oxygen atoms in total. The van der Waals surface area contributed by atoms with Crippen LogP contribution in [0, 0.1) is 0 Å². The molecule has 2 heterocycles. The Kier molecular flexibility index (Phi) is 3.90. The standard InChI is InChI=1S/C13H14N2O3S/c1-13(14-6-7-15-13)8-9-2-4-11(19-9)10(16)3-5-12(17)18/h2,4,6-7H,3,5,8H2,1H3,(H,17,18). The van der Waals surface area contributed by atoms with Gasteiger partial charge in [-0.2, -0.15) is 0 Å². The summed E-state index contributed by atoms with van der Waals surface area (Å²) in [7, 11) is 0. The van der Waals surface area contributed by atoms with Gasteiger partial charge in [0.05, 0.1) is 11.3 Å². The highest BCUT2D eigenvalue weighted by Gasteiger charge is 2.24. The Bertz CT molecular complexity index is 548. The predicted molar refractivity (Wildman–Crippen MR) is 74.6 cm³/mol. The molecule has 100 valence electrons. The van der Waals surface area contributed by atoms with Gasteiger partial charge < -0.3 is 5.11 Å². The fourth-order valence-electron chi connectivity index (χ4n) is 1.81. The van der Waals surface area contributed by atoms with E-state index in [9.17, 15) is 9.59 Å².